The van der Waals surface area contributed by atoms with Gasteiger partial charge in [0.1, 0.15) is 0 Å². The van der Waals surface area contributed by atoms with Crippen LogP contribution >= 0.6 is 0 Å². The van der Waals surface area contributed by atoms with Crippen LogP contribution in [0.25, 0.3) is 22.2 Å². The van der Waals surface area contributed by atoms with Gasteiger partial charge in [-0.3, -0.25) is 0 Å². The summed E-state index contributed by atoms with van der Waals surface area (Å²) in [6.45, 7) is 2.25. The van der Waals surface area contributed by atoms with E-state index >= 15 is 0 Å². The van der Waals surface area contributed by atoms with E-state index in [1.165, 1.54) is 72.5 Å². The molecule has 1 heterocycles. The molecule has 1 aromatic heterocycles. The Morgan fingerprint density at radius 2 is 1.76 bits per heavy atom. The number of aryl methyl sites for hydroxylation is 1. The highest BCUT2D eigenvalue weighted by molar-refractivity contribution is 5.85. The molecule has 2 bridgehead atoms. The molecule has 0 radical (unpaired) electrons. The summed E-state index contributed by atoms with van der Waals surface area (Å²) in [4.78, 5) is 5.24. The van der Waals surface area contributed by atoms with Gasteiger partial charge in [-0.2, -0.15) is 0 Å². The maximum absolute atomic E-state index is 5.24. The number of aromatic nitrogens is 1. The Morgan fingerprint density at radius 3 is 2.64 bits per heavy atom. The minimum atomic E-state index is 0.739. The molecule has 5 saturated carbocycles. The Hall–Kier alpha value is -2.15. The van der Waals surface area contributed by atoms with Gasteiger partial charge in [-0.1, -0.05) is 49.1 Å². The lowest BCUT2D eigenvalue weighted by Gasteiger charge is -2.71. The molecular formula is C32H35N. The fraction of sp³-hybridized carbons (Fsp3) is 0.531. The second kappa shape index (κ2) is 6.71. The minimum Gasteiger partial charge on any atom is -0.248 e. The van der Waals surface area contributed by atoms with Crippen molar-refractivity contribution >= 4 is 10.9 Å². The molecule has 1 spiro atoms. The predicted molar refractivity (Wildman–Crippen MR) is 135 cm³/mol. The summed E-state index contributed by atoms with van der Waals surface area (Å²) >= 11 is 0. The van der Waals surface area contributed by atoms with Gasteiger partial charge >= 0.3 is 0 Å². The summed E-state index contributed by atoms with van der Waals surface area (Å²) in [6.07, 6.45) is 13.0. The van der Waals surface area contributed by atoms with E-state index < -0.39 is 0 Å². The van der Waals surface area contributed by atoms with Gasteiger partial charge in [0.2, 0.25) is 0 Å². The van der Waals surface area contributed by atoms with E-state index in [4.69, 9.17) is 4.98 Å². The fourth-order valence-corrected chi connectivity index (χ4v) is 9.81. The Kier molecular flexibility index (Phi) is 3.90. The van der Waals surface area contributed by atoms with Crippen molar-refractivity contribution in [2.75, 3.05) is 0 Å². The first-order valence-electron chi connectivity index (χ1n) is 13.7. The lowest BCUT2D eigenvalue weighted by atomic mass is 9.33. The lowest BCUT2D eigenvalue weighted by Crippen LogP contribution is -2.64. The van der Waals surface area contributed by atoms with E-state index in [9.17, 15) is 0 Å². The topological polar surface area (TPSA) is 12.9 Å². The second-order valence-electron chi connectivity index (χ2n) is 12.4. The van der Waals surface area contributed by atoms with E-state index in [1.807, 2.05) is 0 Å². The monoisotopic (exact) mass is 433 g/mol. The van der Waals surface area contributed by atoms with Crippen molar-refractivity contribution in [2.24, 2.45) is 29.1 Å². The molecule has 2 aromatic carbocycles. The van der Waals surface area contributed by atoms with Crippen molar-refractivity contribution in [2.45, 2.75) is 76.5 Å². The highest BCUT2D eigenvalue weighted by Gasteiger charge is 2.77. The summed E-state index contributed by atoms with van der Waals surface area (Å²) in [5, 5.41) is 1.42. The summed E-state index contributed by atoms with van der Waals surface area (Å²) in [5.74, 6) is 5.62. The number of fused-ring (bicyclic) bond motifs is 2. The first kappa shape index (κ1) is 19.2. The Bertz CT molecular complexity index is 1270. The van der Waals surface area contributed by atoms with E-state index in [0.29, 0.717) is 0 Å². The summed E-state index contributed by atoms with van der Waals surface area (Å²) in [6, 6.07) is 18.9. The summed E-state index contributed by atoms with van der Waals surface area (Å²) < 4.78 is 0. The molecular weight excluding hydrogens is 398 g/mol. The summed E-state index contributed by atoms with van der Waals surface area (Å²) in [5.41, 5.74) is 8.96. The van der Waals surface area contributed by atoms with E-state index in [0.717, 1.165) is 46.6 Å². The van der Waals surface area contributed by atoms with Crippen molar-refractivity contribution in [3.05, 3.63) is 65.2 Å². The third-order valence-corrected chi connectivity index (χ3v) is 11.0. The third-order valence-electron chi connectivity index (χ3n) is 11.0. The van der Waals surface area contributed by atoms with Gasteiger partial charge in [-0.15, -0.1) is 0 Å². The molecule has 5 aliphatic carbocycles. The first-order valence-corrected chi connectivity index (χ1v) is 13.7. The van der Waals surface area contributed by atoms with Crippen LogP contribution < -0.4 is 0 Å². The van der Waals surface area contributed by atoms with Crippen LogP contribution in [0.5, 0.6) is 0 Å². The molecule has 1 nitrogen and oxygen atoms in total. The number of hydrogen-bond acceptors (Lipinski definition) is 1. The molecule has 168 valence electrons. The number of benzene rings is 2. The second-order valence-corrected chi connectivity index (χ2v) is 12.4. The number of pyridine rings is 1. The van der Waals surface area contributed by atoms with Crippen LogP contribution in [0.2, 0.25) is 0 Å². The third kappa shape index (κ3) is 2.52. The summed E-state index contributed by atoms with van der Waals surface area (Å²) in [7, 11) is 0. The SMILES string of the molecule is Cc1cc(-c2ccc3c(C4C5CC6CC7CC4C75C6)cccc3n2)cc(C2CCCCC2)c1. The molecule has 6 unspecified atom stereocenters. The van der Waals surface area contributed by atoms with Gasteiger partial charge in [0, 0.05) is 10.9 Å². The van der Waals surface area contributed by atoms with Crippen molar-refractivity contribution in [3.63, 3.8) is 0 Å². The molecule has 8 rings (SSSR count). The van der Waals surface area contributed by atoms with Crippen LogP contribution in [0, 0.1) is 36.0 Å². The zero-order chi connectivity index (χ0) is 21.7. The molecule has 33 heavy (non-hydrogen) atoms. The zero-order valence-corrected chi connectivity index (χ0v) is 19.9. The van der Waals surface area contributed by atoms with Gasteiger partial charge in [0.25, 0.3) is 0 Å². The predicted octanol–water partition coefficient (Wildman–Crippen LogP) is 8.41. The molecule has 1 heteroatoms. The van der Waals surface area contributed by atoms with Gasteiger partial charge in [0.05, 0.1) is 11.2 Å². The van der Waals surface area contributed by atoms with Crippen molar-refractivity contribution < 1.29 is 0 Å². The average Bonchev–Trinajstić information content (AvgIpc) is 3.36. The van der Waals surface area contributed by atoms with Gasteiger partial charge in [-0.25, -0.2) is 4.98 Å². The van der Waals surface area contributed by atoms with Crippen LogP contribution in [0.1, 0.15) is 86.3 Å². The number of hydrogen-bond donors (Lipinski definition) is 0. The molecule has 0 aliphatic heterocycles. The van der Waals surface area contributed by atoms with Crippen LogP contribution in [0.3, 0.4) is 0 Å². The Balaban J connectivity index is 1.16. The van der Waals surface area contributed by atoms with Crippen LogP contribution in [-0.4, -0.2) is 4.98 Å². The van der Waals surface area contributed by atoms with Crippen LogP contribution in [0.4, 0.5) is 0 Å². The standard InChI is InChI=1S/C32H35N/c1-19-12-22(21-6-3-2-4-7-21)16-23(13-19)29-11-10-25-26(8-5-9-30(25)33-29)31-27-15-20-14-24-17-28(31)32(24,27)18-20/h5,8-13,16,20-21,24,27-28,31H,2-4,6-7,14-15,17-18H2,1H3. The van der Waals surface area contributed by atoms with Crippen molar-refractivity contribution in [1.29, 1.82) is 0 Å². The largest absolute Gasteiger partial charge is 0.248 e. The van der Waals surface area contributed by atoms with Gasteiger partial charge in [-0.05, 0) is 122 Å². The van der Waals surface area contributed by atoms with Gasteiger partial charge in [0.15, 0.2) is 0 Å². The smallest absolute Gasteiger partial charge is 0.0712 e. The Morgan fingerprint density at radius 1 is 0.879 bits per heavy atom. The van der Waals surface area contributed by atoms with Crippen LogP contribution in [0.15, 0.2) is 48.5 Å². The zero-order valence-electron chi connectivity index (χ0n) is 19.9. The molecule has 6 atom stereocenters. The lowest BCUT2D eigenvalue weighted by molar-refractivity contribution is -0.196. The van der Waals surface area contributed by atoms with E-state index in [-0.39, 0.29) is 0 Å². The highest BCUT2D eigenvalue weighted by atomic mass is 14.8. The average molecular weight is 434 g/mol. The molecule has 5 fully saturated rings. The van der Waals surface area contributed by atoms with E-state index in [1.54, 1.807) is 18.4 Å². The highest BCUT2D eigenvalue weighted by Crippen LogP contribution is 2.85. The van der Waals surface area contributed by atoms with Crippen LogP contribution in [-0.2, 0) is 0 Å². The van der Waals surface area contributed by atoms with E-state index in [2.05, 4.69) is 55.5 Å². The molecule has 0 N–H and O–H groups in total. The molecule has 5 aliphatic rings. The van der Waals surface area contributed by atoms with Crippen molar-refractivity contribution in [1.82, 2.24) is 4.98 Å². The molecule has 3 aromatic rings. The fourth-order valence-electron chi connectivity index (χ4n) is 9.81. The normalized spacial score (nSPS) is 36.5. The molecule has 0 amide bonds. The number of rotatable bonds is 3. The maximum Gasteiger partial charge on any atom is 0.0712 e. The number of nitrogens with zero attached hydrogens (tertiary/aromatic N) is 1. The van der Waals surface area contributed by atoms with Crippen molar-refractivity contribution in [3.8, 4) is 11.3 Å². The van der Waals surface area contributed by atoms with Gasteiger partial charge < -0.3 is 0 Å². The Labute approximate surface area is 198 Å². The first-order chi connectivity index (χ1) is 16.2. The maximum atomic E-state index is 5.24. The minimum absolute atomic E-state index is 0.739. The quantitative estimate of drug-likeness (QED) is 0.404. The molecule has 0 saturated heterocycles.